The van der Waals surface area contributed by atoms with Gasteiger partial charge in [-0.25, -0.2) is 0 Å². The predicted molar refractivity (Wildman–Crippen MR) is 71.4 cm³/mol. The Balaban J connectivity index is 1.96. The Bertz CT molecular complexity index is 365. The fourth-order valence-electron chi connectivity index (χ4n) is 2.52. The zero-order valence-electron chi connectivity index (χ0n) is 10.9. The van der Waals surface area contributed by atoms with Gasteiger partial charge < -0.3 is 9.47 Å². The number of methoxy groups -OCH3 is 1. The summed E-state index contributed by atoms with van der Waals surface area (Å²) in [4.78, 5) is 0. The molecule has 0 amide bonds. The lowest BCUT2D eigenvalue weighted by molar-refractivity contribution is 0.181. The number of ether oxygens (including phenoxy) is 2. The first kappa shape index (κ1) is 13.3. The van der Waals surface area contributed by atoms with Crippen molar-refractivity contribution in [2.24, 2.45) is 11.8 Å². The van der Waals surface area contributed by atoms with Crippen molar-refractivity contribution in [3.05, 3.63) is 29.8 Å². The zero-order chi connectivity index (χ0) is 12.8. The van der Waals surface area contributed by atoms with E-state index in [2.05, 4.69) is 11.5 Å². The van der Waals surface area contributed by atoms with Gasteiger partial charge in [0.05, 0.1) is 7.11 Å². The Morgan fingerprint density at radius 1 is 1.50 bits per heavy atom. The summed E-state index contributed by atoms with van der Waals surface area (Å²) >= 11 is 0. The van der Waals surface area contributed by atoms with Crippen LogP contribution in [-0.2, 0) is 11.2 Å². The molecular formula is C14H22N2O2. The molecule has 1 aliphatic heterocycles. The molecule has 1 aliphatic rings. The maximum absolute atomic E-state index is 5.66. The van der Waals surface area contributed by atoms with Crippen LogP contribution in [0.1, 0.15) is 18.4 Å². The highest BCUT2D eigenvalue weighted by molar-refractivity contribution is 5.33. The Labute approximate surface area is 108 Å². The maximum atomic E-state index is 5.66. The normalized spacial score (nSPS) is 20.9. The molecule has 1 aromatic carbocycles. The molecule has 1 saturated heterocycles. The number of nitrogens with one attached hydrogen (secondary N) is 1. The molecule has 0 radical (unpaired) electrons. The van der Waals surface area contributed by atoms with Crippen molar-refractivity contribution in [2.45, 2.75) is 25.3 Å². The number of hydrogen-bond acceptors (Lipinski definition) is 4. The smallest absolute Gasteiger partial charge is 0.122 e. The quantitative estimate of drug-likeness (QED) is 0.593. The van der Waals surface area contributed by atoms with Crippen molar-refractivity contribution in [3.63, 3.8) is 0 Å². The zero-order valence-corrected chi connectivity index (χ0v) is 10.9. The molecule has 1 fully saturated rings. The third-order valence-corrected chi connectivity index (χ3v) is 3.54. The van der Waals surface area contributed by atoms with Crippen LogP contribution in [0.25, 0.3) is 0 Å². The summed E-state index contributed by atoms with van der Waals surface area (Å²) in [7, 11) is 1.70. The number of hydrogen-bond donors (Lipinski definition) is 2. The molecular weight excluding hydrogens is 228 g/mol. The van der Waals surface area contributed by atoms with E-state index in [9.17, 15) is 0 Å². The predicted octanol–water partition coefficient (Wildman–Crippen LogP) is 1.50. The van der Waals surface area contributed by atoms with E-state index in [0.29, 0.717) is 5.92 Å². The van der Waals surface area contributed by atoms with Gasteiger partial charge >= 0.3 is 0 Å². The number of para-hydroxylation sites is 1. The van der Waals surface area contributed by atoms with Gasteiger partial charge in [0.15, 0.2) is 0 Å². The lowest BCUT2D eigenvalue weighted by Crippen LogP contribution is -2.38. The van der Waals surface area contributed by atoms with E-state index in [1.165, 1.54) is 5.56 Å². The summed E-state index contributed by atoms with van der Waals surface area (Å²) in [6, 6.07) is 8.37. The Hall–Kier alpha value is -1.10. The first-order chi connectivity index (χ1) is 8.83. The van der Waals surface area contributed by atoms with E-state index in [4.69, 9.17) is 15.3 Å². The summed E-state index contributed by atoms with van der Waals surface area (Å²) in [5.41, 5.74) is 4.11. The van der Waals surface area contributed by atoms with Crippen molar-refractivity contribution in [2.75, 3.05) is 20.3 Å². The first-order valence-electron chi connectivity index (χ1n) is 6.49. The van der Waals surface area contributed by atoms with E-state index in [0.717, 1.165) is 38.2 Å². The molecule has 100 valence electrons. The van der Waals surface area contributed by atoms with Gasteiger partial charge in [0.25, 0.3) is 0 Å². The second-order valence-electron chi connectivity index (χ2n) is 4.84. The molecule has 1 aromatic rings. The molecule has 0 bridgehead atoms. The number of rotatable bonds is 6. The molecule has 0 saturated carbocycles. The molecule has 2 rings (SSSR count). The van der Waals surface area contributed by atoms with E-state index in [-0.39, 0.29) is 6.04 Å². The molecule has 4 nitrogen and oxygen atoms in total. The Morgan fingerprint density at radius 3 is 3.00 bits per heavy atom. The van der Waals surface area contributed by atoms with E-state index in [1.54, 1.807) is 7.11 Å². The van der Waals surface area contributed by atoms with Gasteiger partial charge in [0.1, 0.15) is 5.75 Å². The van der Waals surface area contributed by atoms with Crippen LogP contribution in [0.5, 0.6) is 5.75 Å². The van der Waals surface area contributed by atoms with Crippen molar-refractivity contribution >= 4 is 0 Å². The average Bonchev–Trinajstić information content (AvgIpc) is 2.91. The first-order valence-corrected chi connectivity index (χ1v) is 6.49. The van der Waals surface area contributed by atoms with E-state index < -0.39 is 0 Å². The third kappa shape index (κ3) is 3.45. The lowest BCUT2D eigenvalue weighted by atomic mass is 9.94. The molecule has 2 unspecified atom stereocenters. The summed E-state index contributed by atoms with van der Waals surface area (Å²) in [6.07, 6.45) is 3.08. The van der Waals surface area contributed by atoms with Gasteiger partial charge in [-0.05, 0) is 36.8 Å². The van der Waals surface area contributed by atoms with Crippen molar-refractivity contribution in [3.8, 4) is 5.75 Å². The molecule has 0 aromatic heterocycles. The highest BCUT2D eigenvalue weighted by atomic mass is 16.5. The molecule has 0 aliphatic carbocycles. The minimum Gasteiger partial charge on any atom is -0.496 e. The van der Waals surface area contributed by atoms with Crippen LogP contribution in [0, 0.1) is 5.92 Å². The Kier molecular flexibility index (Phi) is 4.99. The summed E-state index contributed by atoms with van der Waals surface area (Å²) < 4.78 is 10.8. The summed E-state index contributed by atoms with van der Waals surface area (Å²) in [5.74, 6) is 7.22. The van der Waals surface area contributed by atoms with Gasteiger partial charge in [-0.2, -0.15) is 0 Å². The number of nitrogens with two attached hydrogens (primary N) is 1. The van der Waals surface area contributed by atoms with Crippen LogP contribution in [-0.4, -0.2) is 26.4 Å². The minimum atomic E-state index is 0.271. The van der Waals surface area contributed by atoms with Gasteiger partial charge in [-0.15, -0.1) is 0 Å². The van der Waals surface area contributed by atoms with Gasteiger partial charge in [0, 0.05) is 19.3 Å². The number of hydrazine groups is 1. The van der Waals surface area contributed by atoms with Gasteiger partial charge in [-0.3, -0.25) is 11.3 Å². The van der Waals surface area contributed by atoms with E-state index >= 15 is 0 Å². The third-order valence-electron chi connectivity index (χ3n) is 3.54. The Morgan fingerprint density at radius 2 is 2.33 bits per heavy atom. The molecule has 18 heavy (non-hydrogen) atoms. The van der Waals surface area contributed by atoms with Crippen LogP contribution in [0.2, 0.25) is 0 Å². The fourth-order valence-corrected chi connectivity index (χ4v) is 2.52. The number of benzene rings is 1. The lowest BCUT2D eigenvalue weighted by Gasteiger charge is -2.20. The maximum Gasteiger partial charge on any atom is 0.122 e. The topological polar surface area (TPSA) is 56.5 Å². The molecule has 4 heteroatoms. The average molecular weight is 250 g/mol. The molecule has 0 spiro atoms. The summed E-state index contributed by atoms with van der Waals surface area (Å²) in [6.45, 7) is 1.75. The molecule has 1 heterocycles. The second kappa shape index (κ2) is 6.73. The van der Waals surface area contributed by atoms with Gasteiger partial charge in [0.2, 0.25) is 0 Å². The van der Waals surface area contributed by atoms with Crippen LogP contribution in [0.3, 0.4) is 0 Å². The highest BCUT2D eigenvalue weighted by Gasteiger charge is 2.21. The van der Waals surface area contributed by atoms with Crippen LogP contribution < -0.4 is 16.0 Å². The fraction of sp³-hybridized carbons (Fsp3) is 0.571. The van der Waals surface area contributed by atoms with Crippen molar-refractivity contribution < 1.29 is 9.47 Å². The van der Waals surface area contributed by atoms with Crippen LogP contribution in [0.4, 0.5) is 0 Å². The van der Waals surface area contributed by atoms with Crippen molar-refractivity contribution in [1.82, 2.24) is 5.43 Å². The van der Waals surface area contributed by atoms with Crippen LogP contribution in [0.15, 0.2) is 24.3 Å². The largest absolute Gasteiger partial charge is 0.496 e. The SMILES string of the molecule is COc1ccccc1CC(CC1CCOC1)NN. The van der Waals surface area contributed by atoms with Crippen LogP contribution >= 0.6 is 0 Å². The standard InChI is InChI=1S/C14H22N2O2/c1-17-14-5-3-2-4-12(14)9-13(16-15)8-11-6-7-18-10-11/h2-5,11,13,16H,6-10,15H2,1H3. The highest BCUT2D eigenvalue weighted by Crippen LogP contribution is 2.23. The monoisotopic (exact) mass is 250 g/mol. The van der Waals surface area contributed by atoms with Crippen molar-refractivity contribution in [1.29, 1.82) is 0 Å². The second-order valence-corrected chi connectivity index (χ2v) is 4.84. The summed E-state index contributed by atoms with van der Waals surface area (Å²) in [5, 5.41) is 0. The molecule has 3 N–H and O–H groups in total. The van der Waals surface area contributed by atoms with E-state index in [1.807, 2.05) is 18.2 Å². The minimum absolute atomic E-state index is 0.271. The van der Waals surface area contributed by atoms with Gasteiger partial charge in [-0.1, -0.05) is 18.2 Å². The molecule has 2 atom stereocenters.